The highest BCUT2D eigenvalue weighted by molar-refractivity contribution is 5.61. The topological polar surface area (TPSA) is 41.5 Å². The lowest BCUT2D eigenvalue weighted by atomic mass is 9.80. The highest BCUT2D eigenvalue weighted by Gasteiger charge is 2.42. The summed E-state index contributed by atoms with van der Waals surface area (Å²) in [5, 5.41) is 13.3. The summed E-state index contributed by atoms with van der Waals surface area (Å²) in [5.41, 5.74) is 3.57. The Bertz CT molecular complexity index is 432. The van der Waals surface area contributed by atoms with Gasteiger partial charge in [0, 0.05) is 29.6 Å². The lowest BCUT2D eigenvalue weighted by Crippen LogP contribution is -2.48. The summed E-state index contributed by atoms with van der Waals surface area (Å²) < 4.78 is 5.62. The van der Waals surface area contributed by atoms with Gasteiger partial charge >= 0.3 is 0 Å². The molecule has 3 heteroatoms. The van der Waals surface area contributed by atoms with E-state index < -0.39 is 6.29 Å². The number of anilines is 1. The molecule has 16 heavy (non-hydrogen) atoms. The molecule has 3 rings (SSSR count). The molecule has 0 radical (unpaired) electrons. The van der Waals surface area contributed by atoms with Crippen molar-refractivity contribution in [1.29, 1.82) is 0 Å². The molecule has 0 saturated carbocycles. The van der Waals surface area contributed by atoms with Crippen LogP contribution in [0.5, 0.6) is 0 Å². The number of para-hydroxylation sites is 1. The van der Waals surface area contributed by atoms with E-state index in [1.807, 2.05) is 6.07 Å². The largest absolute Gasteiger partial charge is 0.379 e. The van der Waals surface area contributed by atoms with Crippen LogP contribution in [0.2, 0.25) is 0 Å². The van der Waals surface area contributed by atoms with Crippen LogP contribution in [0.15, 0.2) is 18.2 Å². The SMILES string of the molecule is Cc1cccc2c1N[C@]1(C)C[C@@H](O)O[C@H]2C1. The fraction of sp³-hybridized carbons (Fsp3) is 0.538. The molecule has 2 N–H and O–H groups in total. The number of ether oxygens (including phenoxy) is 1. The quantitative estimate of drug-likeness (QED) is 0.703. The summed E-state index contributed by atoms with van der Waals surface area (Å²) in [6.07, 6.45) is 0.965. The highest BCUT2D eigenvalue weighted by atomic mass is 16.6. The Morgan fingerprint density at radius 1 is 1.44 bits per heavy atom. The molecule has 3 atom stereocenters. The molecule has 0 unspecified atom stereocenters. The van der Waals surface area contributed by atoms with Gasteiger partial charge in [-0.25, -0.2) is 0 Å². The van der Waals surface area contributed by atoms with Crippen LogP contribution in [0.1, 0.15) is 37.0 Å². The number of hydrogen-bond acceptors (Lipinski definition) is 3. The summed E-state index contributed by atoms with van der Waals surface area (Å²) >= 11 is 0. The monoisotopic (exact) mass is 219 g/mol. The first kappa shape index (κ1) is 10.1. The zero-order valence-corrected chi connectivity index (χ0v) is 9.66. The van der Waals surface area contributed by atoms with Crippen molar-refractivity contribution >= 4 is 5.69 Å². The number of aliphatic hydroxyl groups is 1. The smallest absolute Gasteiger partial charge is 0.157 e. The van der Waals surface area contributed by atoms with Crippen LogP contribution in [-0.4, -0.2) is 16.9 Å². The average Bonchev–Trinajstić information content (AvgIpc) is 2.18. The molecule has 1 fully saturated rings. The summed E-state index contributed by atoms with van der Waals surface area (Å²) in [4.78, 5) is 0. The number of fused-ring (bicyclic) bond motifs is 4. The average molecular weight is 219 g/mol. The maximum atomic E-state index is 9.71. The normalized spacial score (nSPS) is 36.4. The Hall–Kier alpha value is -1.06. The molecule has 2 bridgehead atoms. The van der Waals surface area contributed by atoms with Crippen LogP contribution in [0.3, 0.4) is 0 Å². The zero-order valence-electron chi connectivity index (χ0n) is 9.66. The van der Waals surface area contributed by atoms with E-state index >= 15 is 0 Å². The van der Waals surface area contributed by atoms with Gasteiger partial charge in [0.15, 0.2) is 6.29 Å². The number of aryl methyl sites for hydroxylation is 1. The molecular formula is C13H17NO2. The first-order chi connectivity index (χ1) is 7.57. The fourth-order valence-corrected chi connectivity index (χ4v) is 2.88. The van der Waals surface area contributed by atoms with Crippen molar-refractivity contribution < 1.29 is 9.84 Å². The van der Waals surface area contributed by atoms with E-state index in [0.29, 0.717) is 6.42 Å². The molecule has 3 nitrogen and oxygen atoms in total. The Labute approximate surface area is 95.4 Å². The van der Waals surface area contributed by atoms with E-state index in [4.69, 9.17) is 4.74 Å². The Balaban J connectivity index is 2.10. The third-order valence-electron chi connectivity index (χ3n) is 3.66. The van der Waals surface area contributed by atoms with Crippen molar-refractivity contribution in [3.63, 3.8) is 0 Å². The van der Waals surface area contributed by atoms with Gasteiger partial charge in [0.25, 0.3) is 0 Å². The Kier molecular flexibility index (Phi) is 2.03. The summed E-state index contributed by atoms with van der Waals surface area (Å²) in [7, 11) is 0. The Morgan fingerprint density at radius 3 is 3.06 bits per heavy atom. The standard InChI is InChI=1S/C13H17NO2/c1-8-4-3-5-9-10-6-13(2,14-12(8)9)7-11(15)16-10/h3-5,10-11,14-15H,6-7H2,1-2H3/t10-,11-,13-/m0/s1. The van der Waals surface area contributed by atoms with Crippen molar-refractivity contribution in [3.05, 3.63) is 29.3 Å². The lowest BCUT2D eigenvalue weighted by Gasteiger charge is -2.47. The van der Waals surface area contributed by atoms with Gasteiger partial charge in [-0.2, -0.15) is 0 Å². The van der Waals surface area contributed by atoms with Gasteiger partial charge in [-0.1, -0.05) is 18.2 Å². The first-order valence-electron chi connectivity index (χ1n) is 5.79. The molecule has 1 aromatic rings. The van der Waals surface area contributed by atoms with Gasteiger partial charge in [-0.3, -0.25) is 0 Å². The first-order valence-corrected chi connectivity index (χ1v) is 5.79. The minimum absolute atomic E-state index is 0.0323. The fourth-order valence-electron chi connectivity index (χ4n) is 2.88. The molecule has 0 aromatic heterocycles. The van der Waals surface area contributed by atoms with E-state index in [0.717, 1.165) is 6.42 Å². The maximum Gasteiger partial charge on any atom is 0.157 e. The van der Waals surface area contributed by atoms with Gasteiger partial charge in [0.1, 0.15) is 0 Å². The second-order valence-electron chi connectivity index (χ2n) is 5.21. The van der Waals surface area contributed by atoms with E-state index in [1.165, 1.54) is 16.8 Å². The van der Waals surface area contributed by atoms with Crippen LogP contribution in [0.25, 0.3) is 0 Å². The minimum atomic E-state index is -0.648. The number of hydrogen-bond donors (Lipinski definition) is 2. The second-order valence-corrected chi connectivity index (χ2v) is 5.21. The number of nitrogens with one attached hydrogen (secondary N) is 1. The number of aliphatic hydroxyl groups excluding tert-OH is 1. The molecule has 86 valence electrons. The third-order valence-corrected chi connectivity index (χ3v) is 3.66. The van der Waals surface area contributed by atoms with Crippen molar-refractivity contribution in [1.82, 2.24) is 0 Å². The molecule has 0 aliphatic carbocycles. The molecule has 0 amide bonds. The maximum absolute atomic E-state index is 9.71. The molecule has 1 saturated heterocycles. The predicted octanol–water partition coefficient (Wildman–Crippen LogP) is 2.35. The molecule has 1 aromatic carbocycles. The molecule has 0 spiro atoms. The van der Waals surface area contributed by atoms with Gasteiger partial charge < -0.3 is 15.2 Å². The second kappa shape index (κ2) is 3.22. The van der Waals surface area contributed by atoms with Crippen LogP contribution in [0.4, 0.5) is 5.69 Å². The Morgan fingerprint density at radius 2 is 2.25 bits per heavy atom. The van der Waals surface area contributed by atoms with Gasteiger partial charge in [0.05, 0.1) is 6.10 Å². The predicted molar refractivity (Wildman–Crippen MR) is 62.3 cm³/mol. The van der Waals surface area contributed by atoms with Crippen LogP contribution in [0, 0.1) is 6.92 Å². The minimum Gasteiger partial charge on any atom is -0.379 e. The number of rotatable bonds is 0. The lowest BCUT2D eigenvalue weighted by molar-refractivity contribution is -0.181. The van der Waals surface area contributed by atoms with Crippen LogP contribution >= 0.6 is 0 Å². The van der Waals surface area contributed by atoms with E-state index in [2.05, 4.69) is 31.3 Å². The zero-order chi connectivity index (χ0) is 11.3. The van der Waals surface area contributed by atoms with Crippen molar-refractivity contribution in [2.45, 2.75) is 44.6 Å². The molecular weight excluding hydrogens is 202 g/mol. The highest BCUT2D eigenvalue weighted by Crippen LogP contribution is 2.46. The molecule has 2 heterocycles. The van der Waals surface area contributed by atoms with E-state index in [-0.39, 0.29) is 11.6 Å². The van der Waals surface area contributed by atoms with Gasteiger partial charge in [-0.05, 0) is 19.4 Å². The summed E-state index contributed by atoms with van der Waals surface area (Å²) in [6, 6.07) is 6.23. The van der Waals surface area contributed by atoms with Crippen molar-refractivity contribution in [2.24, 2.45) is 0 Å². The van der Waals surface area contributed by atoms with Gasteiger partial charge in [-0.15, -0.1) is 0 Å². The van der Waals surface area contributed by atoms with Crippen molar-refractivity contribution in [3.8, 4) is 0 Å². The molecule has 2 aliphatic rings. The van der Waals surface area contributed by atoms with Crippen LogP contribution in [-0.2, 0) is 4.74 Å². The van der Waals surface area contributed by atoms with E-state index in [1.54, 1.807) is 0 Å². The molecule has 2 aliphatic heterocycles. The van der Waals surface area contributed by atoms with Gasteiger partial charge in [0.2, 0.25) is 0 Å². The third kappa shape index (κ3) is 1.43. The summed E-state index contributed by atoms with van der Waals surface area (Å²) in [5.74, 6) is 0. The van der Waals surface area contributed by atoms with Crippen molar-refractivity contribution in [2.75, 3.05) is 5.32 Å². The van der Waals surface area contributed by atoms with Crippen LogP contribution < -0.4 is 5.32 Å². The number of benzene rings is 1. The summed E-state index contributed by atoms with van der Waals surface area (Å²) in [6.45, 7) is 4.26. The van der Waals surface area contributed by atoms with E-state index in [9.17, 15) is 5.11 Å².